The van der Waals surface area contributed by atoms with Crippen LogP contribution < -0.4 is 5.32 Å². The first-order valence-electron chi connectivity index (χ1n) is 7.90. The van der Waals surface area contributed by atoms with E-state index in [1.165, 1.54) is 4.88 Å². The molecule has 0 unspecified atom stereocenters. The first-order valence-corrected chi connectivity index (χ1v) is 9.51. The molecule has 0 bridgehead atoms. The minimum atomic E-state index is 0.0499. The minimum absolute atomic E-state index is 0.0499. The molecule has 0 fully saturated rings. The number of thiophene rings is 1. The number of carbonyl (C=O) groups excluding carboxylic acids is 1. The maximum atomic E-state index is 12.3. The Bertz CT molecular complexity index is 888. The third kappa shape index (κ3) is 3.84. The van der Waals surface area contributed by atoms with Gasteiger partial charge in [-0.25, -0.2) is 0 Å². The smallest absolute Gasteiger partial charge is 0.224 e. The molecule has 3 aromatic rings. The summed E-state index contributed by atoms with van der Waals surface area (Å²) in [6.07, 6.45) is 1.24. The Morgan fingerprint density at radius 2 is 2.00 bits per heavy atom. The average Bonchev–Trinajstić information content (AvgIpc) is 2.97. The molecule has 1 amide bonds. The third-order valence-electron chi connectivity index (χ3n) is 4.15. The van der Waals surface area contributed by atoms with Gasteiger partial charge in [-0.1, -0.05) is 18.2 Å². The van der Waals surface area contributed by atoms with Crippen LogP contribution in [0.1, 0.15) is 21.7 Å². The van der Waals surface area contributed by atoms with Crippen LogP contribution in [0.25, 0.3) is 10.9 Å². The van der Waals surface area contributed by atoms with Crippen molar-refractivity contribution >= 4 is 44.1 Å². The molecule has 0 spiro atoms. The van der Waals surface area contributed by atoms with E-state index in [1.807, 2.05) is 31.2 Å². The Labute approximate surface area is 154 Å². The molecule has 0 aliphatic heterocycles. The van der Waals surface area contributed by atoms with Crippen molar-refractivity contribution in [3.63, 3.8) is 0 Å². The molecular formula is C19H19BrN2OS. The third-order valence-corrected chi connectivity index (χ3v) is 5.83. The second-order valence-corrected chi connectivity index (χ2v) is 8.35. The number of pyridine rings is 1. The lowest BCUT2D eigenvalue weighted by Crippen LogP contribution is -2.27. The number of aromatic nitrogens is 1. The lowest BCUT2D eigenvalue weighted by atomic mass is 9.99. The number of para-hydroxylation sites is 1. The summed E-state index contributed by atoms with van der Waals surface area (Å²) in [4.78, 5) is 18.2. The number of rotatable bonds is 5. The molecule has 0 aliphatic rings. The summed E-state index contributed by atoms with van der Waals surface area (Å²) < 4.78 is 1.12. The SMILES string of the molecule is Cc1nc2ccccc2c(C)c1CC(=O)NCCc1ccc(Br)s1. The number of nitrogens with one attached hydrogen (secondary N) is 1. The number of fused-ring (bicyclic) bond motifs is 1. The highest BCUT2D eigenvalue weighted by molar-refractivity contribution is 9.11. The van der Waals surface area contributed by atoms with Gasteiger partial charge in [-0.2, -0.15) is 0 Å². The number of carbonyl (C=O) groups is 1. The fraction of sp³-hybridized carbons (Fsp3) is 0.263. The number of hydrogen-bond donors (Lipinski definition) is 1. The number of nitrogens with zero attached hydrogens (tertiary/aromatic N) is 1. The number of hydrogen-bond acceptors (Lipinski definition) is 3. The van der Waals surface area contributed by atoms with Crippen LogP contribution in [-0.2, 0) is 17.6 Å². The maximum Gasteiger partial charge on any atom is 0.224 e. The Hall–Kier alpha value is -1.72. The molecule has 0 aliphatic carbocycles. The molecule has 0 saturated carbocycles. The van der Waals surface area contributed by atoms with Crippen LogP contribution in [-0.4, -0.2) is 17.4 Å². The fourth-order valence-corrected chi connectivity index (χ4v) is 4.35. The number of amides is 1. The van der Waals surface area contributed by atoms with E-state index in [0.717, 1.165) is 37.9 Å². The van der Waals surface area contributed by atoms with Crippen LogP contribution in [0.2, 0.25) is 0 Å². The van der Waals surface area contributed by atoms with Crippen molar-refractivity contribution in [3.05, 3.63) is 61.9 Å². The molecule has 2 aromatic heterocycles. The highest BCUT2D eigenvalue weighted by Crippen LogP contribution is 2.23. The predicted octanol–water partition coefficient (Wildman–Crippen LogP) is 4.58. The molecule has 3 rings (SSSR count). The molecule has 0 atom stereocenters. The Kier molecular flexibility index (Phi) is 5.31. The number of aryl methyl sites for hydroxylation is 2. The molecule has 5 heteroatoms. The van der Waals surface area contributed by atoms with Gasteiger partial charge in [0.1, 0.15) is 0 Å². The molecule has 124 valence electrons. The van der Waals surface area contributed by atoms with Gasteiger partial charge in [0.25, 0.3) is 0 Å². The van der Waals surface area contributed by atoms with Crippen molar-refractivity contribution in [1.82, 2.24) is 10.3 Å². The quantitative estimate of drug-likeness (QED) is 0.678. The zero-order valence-corrected chi connectivity index (χ0v) is 16.1. The predicted molar refractivity (Wildman–Crippen MR) is 104 cm³/mol. The van der Waals surface area contributed by atoms with Crippen molar-refractivity contribution in [2.24, 2.45) is 0 Å². The van der Waals surface area contributed by atoms with Gasteiger partial charge in [0.05, 0.1) is 15.7 Å². The van der Waals surface area contributed by atoms with E-state index < -0.39 is 0 Å². The molecule has 0 saturated heterocycles. The zero-order valence-electron chi connectivity index (χ0n) is 13.7. The summed E-state index contributed by atoms with van der Waals surface area (Å²) in [5.41, 5.74) is 4.10. The van der Waals surface area contributed by atoms with Crippen LogP contribution in [0.3, 0.4) is 0 Å². The van der Waals surface area contributed by atoms with Crippen LogP contribution in [0.5, 0.6) is 0 Å². The topological polar surface area (TPSA) is 42.0 Å². The lowest BCUT2D eigenvalue weighted by Gasteiger charge is -2.12. The van der Waals surface area contributed by atoms with E-state index >= 15 is 0 Å². The standard InChI is InChI=1S/C19H19BrN2OS/c1-12-15-5-3-4-6-17(15)22-13(2)16(12)11-19(23)21-10-9-14-7-8-18(20)24-14/h3-8H,9-11H2,1-2H3,(H,21,23). The van der Waals surface area contributed by atoms with Gasteiger partial charge < -0.3 is 5.32 Å². The Morgan fingerprint density at radius 3 is 2.75 bits per heavy atom. The fourth-order valence-electron chi connectivity index (χ4n) is 2.87. The second-order valence-electron chi connectivity index (χ2n) is 5.80. The normalized spacial score (nSPS) is 11.0. The van der Waals surface area contributed by atoms with E-state index in [9.17, 15) is 4.79 Å². The van der Waals surface area contributed by atoms with E-state index in [-0.39, 0.29) is 5.91 Å². The van der Waals surface area contributed by atoms with E-state index in [1.54, 1.807) is 11.3 Å². The van der Waals surface area contributed by atoms with Gasteiger partial charge in [-0.3, -0.25) is 9.78 Å². The lowest BCUT2D eigenvalue weighted by molar-refractivity contribution is -0.120. The van der Waals surface area contributed by atoms with Gasteiger partial charge in [0.2, 0.25) is 5.91 Å². The first kappa shape index (κ1) is 17.1. The van der Waals surface area contributed by atoms with Crippen molar-refractivity contribution < 1.29 is 4.79 Å². The number of benzene rings is 1. The Balaban J connectivity index is 1.66. The van der Waals surface area contributed by atoms with E-state index in [0.29, 0.717) is 13.0 Å². The van der Waals surface area contributed by atoms with Crippen LogP contribution in [0, 0.1) is 13.8 Å². The second kappa shape index (κ2) is 7.45. The first-order chi connectivity index (χ1) is 11.5. The van der Waals surface area contributed by atoms with Crippen LogP contribution in [0.4, 0.5) is 0 Å². The van der Waals surface area contributed by atoms with Gasteiger partial charge >= 0.3 is 0 Å². The molecule has 1 aromatic carbocycles. The monoisotopic (exact) mass is 402 g/mol. The van der Waals surface area contributed by atoms with Crippen molar-refractivity contribution in [2.75, 3.05) is 6.54 Å². The highest BCUT2D eigenvalue weighted by Gasteiger charge is 2.12. The van der Waals surface area contributed by atoms with Gasteiger partial charge in [-0.15, -0.1) is 11.3 Å². The largest absolute Gasteiger partial charge is 0.355 e. The van der Waals surface area contributed by atoms with Gasteiger partial charge in [-0.05, 0) is 65.5 Å². The molecule has 2 heterocycles. The van der Waals surface area contributed by atoms with Gasteiger partial charge in [0, 0.05) is 22.5 Å². The van der Waals surface area contributed by atoms with Crippen molar-refractivity contribution in [3.8, 4) is 0 Å². The van der Waals surface area contributed by atoms with Crippen LogP contribution in [0.15, 0.2) is 40.2 Å². The van der Waals surface area contributed by atoms with E-state index in [4.69, 9.17) is 0 Å². The number of halogens is 1. The maximum absolute atomic E-state index is 12.3. The highest BCUT2D eigenvalue weighted by atomic mass is 79.9. The summed E-state index contributed by atoms with van der Waals surface area (Å²) >= 11 is 5.16. The van der Waals surface area contributed by atoms with Gasteiger partial charge in [0.15, 0.2) is 0 Å². The molecule has 1 N–H and O–H groups in total. The summed E-state index contributed by atoms with van der Waals surface area (Å²) in [5.74, 6) is 0.0499. The molecule has 0 radical (unpaired) electrons. The van der Waals surface area contributed by atoms with Crippen molar-refractivity contribution in [1.29, 1.82) is 0 Å². The molecular weight excluding hydrogens is 384 g/mol. The summed E-state index contributed by atoms with van der Waals surface area (Å²) in [5, 5.41) is 4.14. The van der Waals surface area contributed by atoms with Crippen molar-refractivity contribution in [2.45, 2.75) is 26.7 Å². The average molecular weight is 403 g/mol. The van der Waals surface area contributed by atoms with E-state index in [2.05, 4.69) is 45.3 Å². The Morgan fingerprint density at radius 1 is 1.21 bits per heavy atom. The summed E-state index contributed by atoms with van der Waals surface area (Å²) in [6.45, 7) is 4.71. The van der Waals surface area contributed by atoms with Crippen LogP contribution >= 0.6 is 27.3 Å². The molecule has 3 nitrogen and oxygen atoms in total. The summed E-state index contributed by atoms with van der Waals surface area (Å²) in [6, 6.07) is 12.2. The minimum Gasteiger partial charge on any atom is -0.355 e. The zero-order chi connectivity index (χ0) is 17.1. The summed E-state index contributed by atoms with van der Waals surface area (Å²) in [7, 11) is 0. The molecule has 24 heavy (non-hydrogen) atoms.